The van der Waals surface area contributed by atoms with Crippen molar-refractivity contribution in [1.29, 1.82) is 5.41 Å². The third-order valence-corrected chi connectivity index (χ3v) is 3.30. The van der Waals surface area contributed by atoms with Crippen molar-refractivity contribution >= 4 is 29.0 Å². The molecule has 0 rings (SSSR count). The van der Waals surface area contributed by atoms with Gasteiger partial charge in [0.15, 0.2) is 0 Å². The third-order valence-electron chi connectivity index (χ3n) is 2.17. The number of hydrogen-bond donors (Lipinski definition) is 3. The topological polar surface area (TPSA) is 73.2 Å². The van der Waals surface area contributed by atoms with Crippen LogP contribution in [0.1, 0.15) is 19.8 Å². The zero-order valence-corrected chi connectivity index (χ0v) is 12.0. The van der Waals surface area contributed by atoms with Crippen molar-refractivity contribution in [2.24, 2.45) is 0 Å². The Bertz CT molecular complexity index is 319. The second-order valence-electron chi connectivity index (χ2n) is 3.87. The Kier molecular flexibility index (Phi) is 7.23. The molecular weight excluding hydrogens is 293 g/mol. The van der Waals surface area contributed by atoms with Crippen LogP contribution in [-0.2, 0) is 4.79 Å². The van der Waals surface area contributed by atoms with Crippen molar-refractivity contribution < 1.29 is 18.7 Å². The number of carboxylic acids is 1. The van der Waals surface area contributed by atoms with Crippen molar-refractivity contribution in [3.8, 4) is 0 Å². The van der Waals surface area contributed by atoms with Crippen LogP contribution in [0.25, 0.3) is 0 Å². The number of carboxylic acid groups (broad SMARTS) is 1. The summed E-state index contributed by atoms with van der Waals surface area (Å²) in [5.41, 5.74) is 0. The molecule has 1 unspecified atom stereocenters. The number of allylic oxidation sites excluding steroid dienone is 1. The monoisotopic (exact) mass is 310 g/mol. The standard InChI is InChI=1S/C10H17AsF2N2O2/c1-10(11,9(16)17)3-2-7(12)8(13)6-15-5-4-14/h4,14-15H,2-3,5-6,11H2,1H3,(H,16,17)/b8-7-,14-4?/t10-/m1/s1. The van der Waals surface area contributed by atoms with Gasteiger partial charge in [-0.15, -0.1) is 0 Å². The van der Waals surface area contributed by atoms with Crippen molar-refractivity contribution in [3.63, 3.8) is 0 Å². The predicted molar refractivity (Wildman–Crippen MR) is 64.7 cm³/mol. The Balaban J connectivity index is 4.23. The molecule has 0 aliphatic carbocycles. The SMILES string of the molecule is C[C@@]([AsH2])(CC/C(F)=C(/F)CNCC=N)C(=O)O. The van der Waals surface area contributed by atoms with Gasteiger partial charge < -0.3 is 0 Å². The summed E-state index contributed by atoms with van der Waals surface area (Å²) in [6, 6.07) is 0. The Morgan fingerprint density at radius 1 is 1.53 bits per heavy atom. The zero-order valence-electron chi connectivity index (χ0n) is 9.59. The van der Waals surface area contributed by atoms with E-state index in [1.807, 2.05) is 0 Å². The first-order chi connectivity index (χ1) is 7.81. The molecular formula is C10H17AsF2N2O2. The molecule has 0 aliphatic heterocycles. The molecule has 0 heterocycles. The van der Waals surface area contributed by atoms with Crippen LogP contribution in [-0.4, -0.2) is 47.2 Å². The first-order valence-electron chi connectivity index (χ1n) is 5.06. The fourth-order valence-electron chi connectivity index (χ4n) is 0.962. The van der Waals surface area contributed by atoms with Crippen molar-refractivity contribution in [2.45, 2.75) is 24.0 Å². The Morgan fingerprint density at radius 3 is 2.59 bits per heavy atom. The number of carbonyl (C=O) groups is 1. The summed E-state index contributed by atoms with van der Waals surface area (Å²) in [7, 11) is 0. The van der Waals surface area contributed by atoms with E-state index in [1.165, 1.54) is 6.92 Å². The van der Waals surface area contributed by atoms with E-state index in [2.05, 4.69) is 5.32 Å². The first kappa shape index (κ1) is 16.3. The zero-order chi connectivity index (χ0) is 13.5. The van der Waals surface area contributed by atoms with Crippen LogP contribution < -0.4 is 5.32 Å². The van der Waals surface area contributed by atoms with Gasteiger partial charge in [0, 0.05) is 0 Å². The second-order valence-corrected chi connectivity index (χ2v) is 6.54. The van der Waals surface area contributed by atoms with E-state index in [-0.39, 0.29) is 25.9 Å². The number of aliphatic carboxylic acids is 1. The second kappa shape index (κ2) is 7.56. The fraction of sp³-hybridized carbons (Fsp3) is 0.600. The van der Waals surface area contributed by atoms with Crippen LogP contribution in [0.4, 0.5) is 8.78 Å². The molecule has 2 atom stereocenters. The molecule has 0 aromatic heterocycles. The van der Waals surface area contributed by atoms with Crippen molar-refractivity contribution in [3.05, 3.63) is 11.7 Å². The molecule has 0 amide bonds. The third kappa shape index (κ3) is 6.54. The summed E-state index contributed by atoms with van der Waals surface area (Å²) in [4.78, 5) is 10.8. The minimum absolute atomic E-state index is 0.0617. The van der Waals surface area contributed by atoms with Crippen LogP contribution in [0.5, 0.6) is 0 Å². The van der Waals surface area contributed by atoms with Crippen LogP contribution in [0, 0.1) is 5.41 Å². The Labute approximate surface area is 107 Å². The maximum atomic E-state index is 13.2. The van der Waals surface area contributed by atoms with E-state index >= 15 is 0 Å². The molecule has 0 radical (unpaired) electrons. The summed E-state index contributed by atoms with van der Waals surface area (Å²) in [6.45, 7) is 1.39. The van der Waals surface area contributed by atoms with Gasteiger partial charge in [-0.2, -0.15) is 0 Å². The molecule has 0 fully saturated rings. The maximum absolute atomic E-state index is 13.2. The summed E-state index contributed by atoms with van der Waals surface area (Å²) in [5.74, 6) is -2.86. The van der Waals surface area contributed by atoms with E-state index < -0.39 is 21.8 Å². The van der Waals surface area contributed by atoms with Gasteiger partial charge in [-0.1, -0.05) is 0 Å². The Hall–Kier alpha value is -0.742. The van der Waals surface area contributed by atoms with Crippen LogP contribution in [0.15, 0.2) is 11.7 Å². The van der Waals surface area contributed by atoms with Crippen LogP contribution in [0.2, 0.25) is 4.20 Å². The molecule has 0 aromatic carbocycles. The molecule has 17 heavy (non-hydrogen) atoms. The number of hydrogen-bond acceptors (Lipinski definition) is 3. The van der Waals surface area contributed by atoms with E-state index in [0.717, 1.165) is 23.1 Å². The molecule has 0 saturated heterocycles. The molecule has 0 saturated carbocycles. The van der Waals surface area contributed by atoms with Crippen molar-refractivity contribution in [1.82, 2.24) is 5.32 Å². The van der Waals surface area contributed by atoms with Gasteiger partial charge >= 0.3 is 107 Å². The van der Waals surface area contributed by atoms with Gasteiger partial charge in [-0.25, -0.2) is 0 Å². The van der Waals surface area contributed by atoms with Gasteiger partial charge in [0.1, 0.15) is 0 Å². The molecule has 0 bridgehead atoms. The number of halogens is 2. The van der Waals surface area contributed by atoms with Crippen LogP contribution >= 0.6 is 0 Å². The first-order valence-corrected chi connectivity index (χ1v) is 6.27. The van der Waals surface area contributed by atoms with Gasteiger partial charge in [-0.3, -0.25) is 0 Å². The molecule has 98 valence electrons. The number of rotatable bonds is 8. The Morgan fingerprint density at radius 2 is 2.12 bits per heavy atom. The summed E-state index contributed by atoms with van der Waals surface area (Å²) >= 11 is 0.978. The van der Waals surface area contributed by atoms with E-state index in [4.69, 9.17) is 10.5 Å². The normalized spacial score (nSPS) is 16.0. The molecule has 0 spiro atoms. The molecule has 7 heteroatoms. The number of nitrogens with one attached hydrogen (secondary N) is 2. The fourth-order valence-corrected chi connectivity index (χ4v) is 1.26. The molecule has 0 aromatic rings. The van der Waals surface area contributed by atoms with E-state index in [9.17, 15) is 13.6 Å². The van der Waals surface area contributed by atoms with Gasteiger partial charge in [0.2, 0.25) is 0 Å². The molecule has 0 aliphatic rings. The van der Waals surface area contributed by atoms with Gasteiger partial charge in [0.05, 0.1) is 0 Å². The van der Waals surface area contributed by atoms with Gasteiger partial charge in [-0.05, 0) is 0 Å². The summed E-state index contributed by atoms with van der Waals surface area (Å²) in [6.07, 6.45) is 0.882. The minimum atomic E-state index is -1.01. The van der Waals surface area contributed by atoms with Crippen LogP contribution in [0.3, 0.4) is 0 Å². The average Bonchev–Trinajstić information content (AvgIpc) is 2.26. The van der Waals surface area contributed by atoms with Crippen molar-refractivity contribution in [2.75, 3.05) is 13.1 Å². The quantitative estimate of drug-likeness (QED) is 0.356. The summed E-state index contributed by atoms with van der Waals surface area (Å²) < 4.78 is 25.4. The van der Waals surface area contributed by atoms with E-state index in [1.54, 1.807) is 0 Å². The summed E-state index contributed by atoms with van der Waals surface area (Å²) in [5, 5.41) is 18.0. The average molecular weight is 310 g/mol. The molecule has 4 nitrogen and oxygen atoms in total. The van der Waals surface area contributed by atoms with Gasteiger partial charge in [0.25, 0.3) is 0 Å². The molecule has 3 N–H and O–H groups in total. The predicted octanol–water partition coefficient (Wildman–Crippen LogP) is 1.05. The van der Waals surface area contributed by atoms with E-state index in [0.29, 0.717) is 0 Å².